The summed E-state index contributed by atoms with van der Waals surface area (Å²) in [6.07, 6.45) is 0. The van der Waals surface area contributed by atoms with Crippen molar-refractivity contribution in [1.29, 1.82) is 5.26 Å². The lowest BCUT2D eigenvalue weighted by Crippen LogP contribution is -2.43. The molecule has 2 heteroatoms. The zero-order valence-corrected chi connectivity index (χ0v) is 28.7. The number of hydrogen-bond acceptors (Lipinski definition) is 1. The Labute approximate surface area is 307 Å². The van der Waals surface area contributed by atoms with Gasteiger partial charge in [0, 0.05) is 16.5 Å². The Morgan fingerprint density at radius 2 is 0.792 bits per heavy atom. The normalized spacial score (nSPS) is 14.7. The Morgan fingerprint density at radius 1 is 0.358 bits per heavy atom. The summed E-state index contributed by atoms with van der Waals surface area (Å²) < 4.78 is 2.36. The summed E-state index contributed by atoms with van der Waals surface area (Å²) in [6, 6.07) is 69.7. The fourth-order valence-corrected chi connectivity index (χ4v) is 10.7. The standard InChI is InChI=1S/C51H30N2/c52-31-32-25-27-33(28-26-32)53-48-24-12-4-16-37(48)39-29-47-38(30-49(39)53)36-15-3-7-19-42(36)51(47)45-22-10-8-20-43(45)50(44-21-9-11-23-46(44)51)40-17-5-1-13-34(40)35-14-2-6-18-41(35)50/h1-30H. The van der Waals surface area contributed by atoms with Crippen molar-refractivity contribution in [3.05, 3.63) is 232 Å². The first-order valence-corrected chi connectivity index (χ1v) is 18.3. The van der Waals surface area contributed by atoms with Crippen LogP contribution in [-0.4, -0.2) is 4.57 Å². The van der Waals surface area contributed by atoms with Crippen LogP contribution in [-0.2, 0) is 10.8 Å². The molecule has 0 bridgehead atoms. The molecular formula is C51H30N2. The van der Waals surface area contributed by atoms with Crippen LogP contribution < -0.4 is 0 Å². The first-order chi connectivity index (χ1) is 26.3. The van der Waals surface area contributed by atoms with E-state index in [-0.39, 0.29) is 0 Å². The van der Waals surface area contributed by atoms with Gasteiger partial charge in [0.1, 0.15) is 0 Å². The van der Waals surface area contributed by atoms with Crippen molar-refractivity contribution in [2.45, 2.75) is 10.8 Å². The van der Waals surface area contributed by atoms with Crippen LogP contribution in [0.2, 0.25) is 0 Å². The van der Waals surface area contributed by atoms with E-state index in [9.17, 15) is 5.26 Å². The quantitative estimate of drug-likeness (QED) is 0.171. The van der Waals surface area contributed by atoms with Gasteiger partial charge in [-0.05, 0) is 109 Å². The van der Waals surface area contributed by atoms with Crippen molar-refractivity contribution < 1.29 is 0 Å². The smallest absolute Gasteiger partial charge is 0.0991 e. The minimum atomic E-state index is -0.539. The molecule has 0 N–H and O–H groups in total. The Balaban J connectivity index is 1.25. The molecule has 1 heterocycles. The molecule has 1 aromatic heterocycles. The van der Waals surface area contributed by atoms with Gasteiger partial charge in [-0.25, -0.2) is 0 Å². The number of rotatable bonds is 1. The molecule has 3 aliphatic carbocycles. The highest BCUT2D eigenvalue weighted by molar-refractivity contribution is 6.12. The number of fused-ring (bicyclic) bond motifs is 19. The topological polar surface area (TPSA) is 28.7 Å². The molecule has 0 unspecified atom stereocenters. The summed E-state index contributed by atoms with van der Waals surface area (Å²) in [6.45, 7) is 0. The van der Waals surface area contributed by atoms with E-state index in [1.807, 2.05) is 12.1 Å². The summed E-state index contributed by atoms with van der Waals surface area (Å²) in [7, 11) is 0. The molecule has 8 aromatic carbocycles. The highest BCUT2D eigenvalue weighted by atomic mass is 15.0. The predicted molar refractivity (Wildman–Crippen MR) is 214 cm³/mol. The average molecular weight is 671 g/mol. The van der Waals surface area contributed by atoms with Crippen molar-refractivity contribution >= 4 is 21.8 Å². The maximum absolute atomic E-state index is 9.57. The lowest BCUT2D eigenvalue weighted by atomic mass is 9.52. The maximum Gasteiger partial charge on any atom is 0.0991 e. The van der Waals surface area contributed by atoms with Gasteiger partial charge < -0.3 is 4.57 Å². The van der Waals surface area contributed by atoms with Crippen molar-refractivity contribution in [1.82, 2.24) is 4.57 Å². The Hall–Kier alpha value is -6.95. The molecule has 0 fully saturated rings. The molecule has 12 rings (SSSR count). The third kappa shape index (κ3) is 3.30. The van der Waals surface area contributed by atoms with Crippen molar-refractivity contribution in [2.75, 3.05) is 0 Å². The van der Waals surface area contributed by atoms with Gasteiger partial charge in [0.15, 0.2) is 0 Å². The third-order valence-electron chi connectivity index (χ3n) is 12.5. The summed E-state index contributed by atoms with van der Waals surface area (Å²) >= 11 is 0. The number of nitrogens with zero attached hydrogens (tertiary/aromatic N) is 2. The maximum atomic E-state index is 9.57. The van der Waals surface area contributed by atoms with Crippen LogP contribution >= 0.6 is 0 Å². The lowest BCUT2D eigenvalue weighted by Gasteiger charge is -2.48. The first kappa shape index (κ1) is 28.7. The molecule has 0 aliphatic heterocycles. The van der Waals surface area contributed by atoms with Crippen LogP contribution in [0.25, 0.3) is 49.7 Å². The number of hydrogen-bond donors (Lipinski definition) is 0. The molecule has 3 aliphatic rings. The van der Waals surface area contributed by atoms with Crippen LogP contribution in [0.4, 0.5) is 0 Å². The fraction of sp³-hybridized carbons (Fsp3) is 0.0392. The minimum absolute atomic E-state index is 0.459. The van der Waals surface area contributed by atoms with E-state index in [0.717, 1.165) is 16.7 Å². The first-order valence-electron chi connectivity index (χ1n) is 18.3. The lowest BCUT2D eigenvalue weighted by molar-refractivity contribution is 0.633. The molecule has 2 spiro atoms. The van der Waals surface area contributed by atoms with Gasteiger partial charge in [0.25, 0.3) is 0 Å². The van der Waals surface area contributed by atoms with E-state index < -0.39 is 10.8 Å². The second-order valence-electron chi connectivity index (χ2n) is 14.7. The summed E-state index contributed by atoms with van der Waals surface area (Å²) in [5.41, 5.74) is 18.9. The van der Waals surface area contributed by atoms with Gasteiger partial charge in [-0.1, -0.05) is 140 Å². The second kappa shape index (κ2) is 10.1. The van der Waals surface area contributed by atoms with Gasteiger partial charge in [-0.15, -0.1) is 0 Å². The van der Waals surface area contributed by atoms with Crippen molar-refractivity contribution in [3.63, 3.8) is 0 Å². The number of benzene rings is 8. The molecule has 53 heavy (non-hydrogen) atoms. The molecule has 0 amide bonds. The van der Waals surface area contributed by atoms with Crippen molar-refractivity contribution in [2.24, 2.45) is 0 Å². The second-order valence-corrected chi connectivity index (χ2v) is 14.7. The van der Waals surface area contributed by atoms with E-state index >= 15 is 0 Å². The number of aromatic nitrogens is 1. The molecule has 2 nitrogen and oxygen atoms in total. The zero-order chi connectivity index (χ0) is 34.9. The average Bonchev–Trinajstić information content (AvgIpc) is 3.82. The minimum Gasteiger partial charge on any atom is -0.309 e. The Morgan fingerprint density at radius 3 is 1.32 bits per heavy atom. The molecule has 0 saturated heterocycles. The monoisotopic (exact) mass is 670 g/mol. The fourth-order valence-electron chi connectivity index (χ4n) is 10.7. The summed E-state index contributed by atoms with van der Waals surface area (Å²) in [5, 5.41) is 12.0. The highest BCUT2D eigenvalue weighted by Crippen LogP contribution is 2.67. The number of para-hydroxylation sites is 1. The van der Waals surface area contributed by atoms with Gasteiger partial charge in [-0.2, -0.15) is 5.26 Å². The van der Waals surface area contributed by atoms with E-state index in [0.29, 0.717) is 5.56 Å². The Bertz CT molecular complexity index is 2980. The largest absolute Gasteiger partial charge is 0.309 e. The molecule has 0 radical (unpaired) electrons. The third-order valence-corrected chi connectivity index (χ3v) is 12.5. The van der Waals surface area contributed by atoms with Crippen LogP contribution in [0, 0.1) is 11.3 Å². The van der Waals surface area contributed by atoms with Crippen LogP contribution in [0.15, 0.2) is 182 Å². The Kier molecular flexibility index (Phi) is 5.47. The van der Waals surface area contributed by atoms with E-state index in [4.69, 9.17) is 0 Å². The van der Waals surface area contributed by atoms with E-state index in [1.54, 1.807) is 0 Å². The summed E-state index contributed by atoms with van der Waals surface area (Å²) in [5.74, 6) is 0. The van der Waals surface area contributed by atoms with Gasteiger partial charge in [0.2, 0.25) is 0 Å². The zero-order valence-electron chi connectivity index (χ0n) is 28.7. The molecule has 244 valence electrons. The molecule has 9 aromatic rings. The highest BCUT2D eigenvalue weighted by Gasteiger charge is 2.58. The van der Waals surface area contributed by atoms with Gasteiger partial charge >= 0.3 is 0 Å². The van der Waals surface area contributed by atoms with Gasteiger partial charge in [0.05, 0.1) is 33.5 Å². The number of nitriles is 1. The van der Waals surface area contributed by atoms with Crippen LogP contribution in [0.3, 0.4) is 0 Å². The molecular weight excluding hydrogens is 641 g/mol. The van der Waals surface area contributed by atoms with E-state index in [1.165, 1.54) is 77.5 Å². The van der Waals surface area contributed by atoms with Crippen LogP contribution in [0.5, 0.6) is 0 Å². The molecule has 0 saturated carbocycles. The van der Waals surface area contributed by atoms with Crippen LogP contribution in [0.1, 0.15) is 50.1 Å². The van der Waals surface area contributed by atoms with Crippen molar-refractivity contribution in [3.8, 4) is 34.0 Å². The SMILES string of the molecule is N#Cc1ccc(-n2c3ccccc3c3cc4c(cc32)-c2ccccc2C42c3ccccc3C3(c4ccccc4-c4ccccc43)c3ccccc32)cc1. The molecule has 0 atom stereocenters. The van der Waals surface area contributed by atoms with Gasteiger partial charge in [-0.3, -0.25) is 0 Å². The summed E-state index contributed by atoms with van der Waals surface area (Å²) in [4.78, 5) is 0. The van der Waals surface area contributed by atoms with E-state index in [2.05, 4.69) is 180 Å². The predicted octanol–water partition coefficient (Wildman–Crippen LogP) is 11.7.